The van der Waals surface area contributed by atoms with E-state index in [4.69, 9.17) is 10.8 Å². The van der Waals surface area contributed by atoms with E-state index in [0.717, 1.165) is 6.26 Å². The van der Waals surface area contributed by atoms with E-state index in [1.807, 2.05) is 0 Å². The second-order valence-corrected chi connectivity index (χ2v) is 3.10. The second-order valence-electron chi connectivity index (χ2n) is 3.10. The van der Waals surface area contributed by atoms with E-state index in [-0.39, 0.29) is 11.3 Å². The number of rotatable bonds is 2. The Morgan fingerprint density at radius 1 is 1.75 bits per heavy atom. The minimum Gasteiger partial charge on any atom is -0.478 e. The molecule has 0 aliphatic rings. The van der Waals surface area contributed by atoms with Crippen molar-refractivity contribution in [3.8, 4) is 0 Å². The van der Waals surface area contributed by atoms with Crippen LogP contribution in [0.1, 0.15) is 29.9 Å². The van der Waals surface area contributed by atoms with Crippen LogP contribution >= 0.6 is 0 Å². The van der Waals surface area contributed by atoms with Crippen LogP contribution in [0.3, 0.4) is 0 Å². The highest BCUT2D eigenvalue weighted by atomic mass is 16.5. The lowest BCUT2D eigenvalue weighted by atomic mass is 9.99. The predicted molar refractivity (Wildman–Crippen MR) is 40.7 cm³/mol. The van der Waals surface area contributed by atoms with Crippen LogP contribution in [0.5, 0.6) is 0 Å². The number of carbonyl (C=O) groups is 1. The first kappa shape index (κ1) is 8.73. The number of nitrogens with two attached hydrogens (primary N) is 1. The summed E-state index contributed by atoms with van der Waals surface area (Å²) in [6.07, 6.45) is 1.08. The maximum Gasteiger partial charge on any atom is 0.341 e. The second kappa shape index (κ2) is 2.60. The molecule has 0 saturated heterocycles. The van der Waals surface area contributed by atoms with Gasteiger partial charge in [-0.1, -0.05) is 5.16 Å². The molecule has 0 aliphatic heterocycles. The summed E-state index contributed by atoms with van der Waals surface area (Å²) in [4.78, 5) is 10.6. The molecule has 0 radical (unpaired) electrons. The van der Waals surface area contributed by atoms with E-state index < -0.39 is 11.5 Å². The maximum atomic E-state index is 10.6. The highest BCUT2D eigenvalue weighted by molar-refractivity contribution is 5.88. The predicted octanol–water partition coefficient (Wildman–Crippen LogP) is 0.567. The third kappa shape index (κ3) is 1.45. The van der Waals surface area contributed by atoms with Crippen molar-refractivity contribution in [1.29, 1.82) is 0 Å². The van der Waals surface area contributed by atoms with E-state index in [1.54, 1.807) is 13.8 Å². The van der Waals surface area contributed by atoms with Crippen LogP contribution in [-0.2, 0) is 5.54 Å². The van der Waals surface area contributed by atoms with Crippen LogP contribution in [0.15, 0.2) is 10.8 Å². The smallest absolute Gasteiger partial charge is 0.341 e. The Bertz CT molecular complexity index is 298. The number of hydrogen-bond donors (Lipinski definition) is 2. The van der Waals surface area contributed by atoms with Gasteiger partial charge in [-0.15, -0.1) is 0 Å². The Kier molecular flexibility index (Phi) is 1.89. The third-order valence-electron chi connectivity index (χ3n) is 1.41. The molecule has 66 valence electrons. The number of aromatic carboxylic acids is 1. The first-order valence-corrected chi connectivity index (χ1v) is 3.40. The van der Waals surface area contributed by atoms with Gasteiger partial charge in [-0.2, -0.15) is 0 Å². The molecular weight excluding hydrogens is 160 g/mol. The molecule has 1 aromatic rings. The zero-order valence-electron chi connectivity index (χ0n) is 6.87. The average molecular weight is 170 g/mol. The zero-order chi connectivity index (χ0) is 9.35. The number of aromatic nitrogens is 1. The lowest BCUT2D eigenvalue weighted by molar-refractivity contribution is 0.0693. The molecule has 0 fully saturated rings. The monoisotopic (exact) mass is 170 g/mol. The molecule has 0 saturated carbocycles. The first-order valence-electron chi connectivity index (χ1n) is 3.40. The number of hydrogen-bond acceptors (Lipinski definition) is 4. The van der Waals surface area contributed by atoms with Gasteiger partial charge < -0.3 is 15.4 Å². The van der Waals surface area contributed by atoms with Gasteiger partial charge in [0.1, 0.15) is 17.5 Å². The third-order valence-corrected chi connectivity index (χ3v) is 1.41. The van der Waals surface area contributed by atoms with E-state index >= 15 is 0 Å². The maximum absolute atomic E-state index is 10.6. The van der Waals surface area contributed by atoms with Gasteiger partial charge in [-0.3, -0.25) is 0 Å². The summed E-state index contributed by atoms with van der Waals surface area (Å²) in [5.74, 6) is -1.08. The molecule has 0 bridgehead atoms. The Morgan fingerprint density at radius 2 is 2.33 bits per heavy atom. The SMILES string of the molecule is CC(C)(N)c1nocc1C(=O)O. The van der Waals surface area contributed by atoms with Gasteiger partial charge in [0.15, 0.2) is 0 Å². The van der Waals surface area contributed by atoms with Crippen LogP contribution < -0.4 is 5.73 Å². The van der Waals surface area contributed by atoms with Crippen molar-refractivity contribution in [2.24, 2.45) is 5.73 Å². The quantitative estimate of drug-likeness (QED) is 0.677. The number of carboxylic acids is 1. The van der Waals surface area contributed by atoms with Crippen molar-refractivity contribution in [3.05, 3.63) is 17.5 Å². The lowest BCUT2D eigenvalue weighted by Crippen LogP contribution is -2.31. The first-order chi connectivity index (χ1) is 5.43. The standard InChI is InChI=1S/C7H10N2O3/c1-7(2,8)5-4(6(10)11)3-12-9-5/h3H,8H2,1-2H3,(H,10,11). The van der Waals surface area contributed by atoms with Crippen LogP contribution in [0, 0.1) is 0 Å². The van der Waals surface area contributed by atoms with Gasteiger partial charge in [-0.25, -0.2) is 4.79 Å². The molecular formula is C7H10N2O3. The van der Waals surface area contributed by atoms with Crippen LogP contribution in [0.4, 0.5) is 0 Å². The largest absolute Gasteiger partial charge is 0.478 e. The molecule has 5 nitrogen and oxygen atoms in total. The summed E-state index contributed by atoms with van der Waals surface area (Å²) >= 11 is 0. The molecule has 1 heterocycles. The molecule has 0 amide bonds. The Labute approximate surface area is 69.2 Å². The molecule has 1 rings (SSSR count). The zero-order valence-corrected chi connectivity index (χ0v) is 6.87. The number of carboxylic acid groups (broad SMARTS) is 1. The summed E-state index contributed by atoms with van der Waals surface area (Å²) < 4.78 is 4.52. The van der Waals surface area contributed by atoms with Crippen molar-refractivity contribution >= 4 is 5.97 Å². The minimum atomic E-state index is -1.08. The fourth-order valence-electron chi connectivity index (χ4n) is 0.853. The fraction of sp³-hybridized carbons (Fsp3) is 0.429. The summed E-state index contributed by atoms with van der Waals surface area (Å²) in [7, 11) is 0. The average Bonchev–Trinajstić information content (AvgIpc) is 2.30. The molecule has 1 aromatic heterocycles. The van der Waals surface area contributed by atoms with Gasteiger partial charge in [0, 0.05) is 0 Å². The van der Waals surface area contributed by atoms with E-state index in [2.05, 4.69) is 9.68 Å². The van der Waals surface area contributed by atoms with Gasteiger partial charge in [0.05, 0.1) is 5.54 Å². The summed E-state index contributed by atoms with van der Waals surface area (Å²) in [5.41, 5.74) is 5.14. The van der Waals surface area contributed by atoms with E-state index in [9.17, 15) is 4.79 Å². The van der Waals surface area contributed by atoms with Crippen LogP contribution in [-0.4, -0.2) is 16.2 Å². The fourth-order valence-corrected chi connectivity index (χ4v) is 0.853. The summed E-state index contributed by atoms with van der Waals surface area (Å²) in [6, 6.07) is 0. The molecule has 0 unspecified atom stereocenters. The minimum absolute atomic E-state index is 0.0162. The van der Waals surface area contributed by atoms with Crippen molar-refractivity contribution in [2.75, 3.05) is 0 Å². The van der Waals surface area contributed by atoms with Gasteiger partial charge >= 0.3 is 5.97 Å². The molecule has 5 heteroatoms. The van der Waals surface area contributed by atoms with Gasteiger partial charge in [0.2, 0.25) is 0 Å². The molecule has 0 spiro atoms. The van der Waals surface area contributed by atoms with Crippen molar-refractivity contribution in [3.63, 3.8) is 0 Å². The van der Waals surface area contributed by atoms with Crippen LogP contribution in [0.2, 0.25) is 0 Å². The Balaban J connectivity index is 3.17. The van der Waals surface area contributed by atoms with Crippen molar-refractivity contribution < 1.29 is 14.4 Å². The van der Waals surface area contributed by atoms with E-state index in [1.165, 1.54) is 0 Å². The molecule has 0 aromatic carbocycles. The molecule has 0 aliphatic carbocycles. The topological polar surface area (TPSA) is 89.4 Å². The van der Waals surface area contributed by atoms with Crippen molar-refractivity contribution in [2.45, 2.75) is 19.4 Å². The van der Waals surface area contributed by atoms with Crippen LogP contribution in [0.25, 0.3) is 0 Å². The Hall–Kier alpha value is -1.36. The summed E-state index contributed by atoms with van der Waals surface area (Å²) in [6.45, 7) is 3.33. The molecule has 3 N–H and O–H groups in total. The summed E-state index contributed by atoms with van der Waals surface area (Å²) in [5, 5.41) is 12.2. The van der Waals surface area contributed by atoms with E-state index in [0.29, 0.717) is 0 Å². The van der Waals surface area contributed by atoms with Gasteiger partial charge in [-0.05, 0) is 13.8 Å². The van der Waals surface area contributed by atoms with Gasteiger partial charge in [0.25, 0.3) is 0 Å². The highest BCUT2D eigenvalue weighted by Gasteiger charge is 2.26. The molecule has 12 heavy (non-hydrogen) atoms. The molecule has 0 atom stereocenters. The van der Waals surface area contributed by atoms with Crippen molar-refractivity contribution in [1.82, 2.24) is 5.16 Å². The Morgan fingerprint density at radius 3 is 2.67 bits per heavy atom. The number of nitrogens with zero attached hydrogens (tertiary/aromatic N) is 1. The highest BCUT2D eigenvalue weighted by Crippen LogP contribution is 2.19. The normalized spacial score (nSPS) is 11.6. The lowest BCUT2D eigenvalue weighted by Gasteiger charge is -2.14.